The minimum Gasteiger partial charge on any atom is -0.396 e. The zero-order valence-electron chi connectivity index (χ0n) is 10.6. The van der Waals surface area contributed by atoms with Crippen molar-refractivity contribution in [2.45, 2.75) is 25.7 Å². The molecule has 0 radical (unpaired) electrons. The molecule has 1 aromatic rings. The van der Waals surface area contributed by atoms with Crippen LogP contribution in [0.25, 0.3) is 0 Å². The average Bonchev–Trinajstić information content (AvgIpc) is 2.89. The summed E-state index contributed by atoms with van der Waals surface area (Å²) in [5, 5.41) is 12.3. The van der Waals surface area contributed by atoms with Crippen molar-refractivity contribution in [3.63, 3.8) is 0 Å². The highest BCUT2D eigenvalue weighted by Crippen LogP contribution is 2.37. The predicted octanol–water partition coefficient (Wildman–Crippen LogP) is 2.87. The lowest BCUT2D eigenvalue weighted by atomic mass is 9.87. The second kappa shape index (κ2) is 6.01. The smallest absolute Gasteiger partial charge is 0.252 e. The SMILES string of the molecule is O=C(NCC1(CO)CCCC1)c1cccc(F)c1Br. The molecule has 0 heterocycles. The quantitative estimate of drug-likeness (QED) is 0.892. The van der Waals surface area contributed by atoms with E-state index in [-0.39, 0.29) is 28.0 Å². The Balaban J connectivity index is 2.03. The van der Waals surface area contributed by atoms with Gasteiger partial charge in [0.1, 0.15) is 5.82 Å². The Bertz CT molecular complexity index is 473. The molecule has 0 aromatic heterocycles. The van der Waals surface area contributed by atoms with E-state index in [1.807, 2.05) is 0 Å². The highest BCUT2D eigenvalue weighted by atomic mass is 79.9. The van der Waals surface area contributed by atoms with E-state index in [4.69, 9.17) is 0 Å². The van der Waals surface area contributed by atoms with Gasteiger partial charge in [0, 0.05) is 12.0 Å². The Morgan fingerprint density at radius 2 is 2.11 bits per heavy atom. The normalized spacial score (nSPS) is 17.4. The summed E-state index contributed by atoms with van der Waals surface area (Å²) in [6.45, 7) is 0.517. The highest BCUT2D eigenvalue weighted by molar-refractivity contribution is 9.10. The van der Waals surface area contributed by atoms with Crippen molar-refractivity contribution in [2.75, 3.05) is 13.2 Å². The van der Waals surface area contributed by atoms with Crippen LogP contribution < -0.4 is 5.32 Å². The van der Waals surface area contributed by atoms with Crippen LogP contribution in [0.3, 0.4) is 0 Å². The van der Waals surface area contributed by atoms with E-state index in [0.717, 1.165) is 25.7 Å². The molecule has 19 heavy (non-hydrogen) atoms. The van der Waals surface area contributed by atoms with Gasteiger partial charge in [-0.25, -0.2) is 4.39 Å². The Hall–Kier alpha value is -0.940. The molecule has 0 aliphatic heterocycles. The highest BCUT2D eigenvalue weighted by Gasteiger charge is 2.33. The van der Waals surface area contributed by atoms with Gasteiger partial charge in [0.05, 0.1) is 16.6 Å². The zero-order valence-corrected chi connectivity index (χ0v) is 12.2. The lowest BCUT2D eigenvalue weighted by Gasteiger charge is -2.26. The van der Waals surface area contributed by atoms with E-state index >= 15 is 0 Å². The van der Waals surface area contributed by atoms with Crippen LogP contribution in [0.5, 0.6) is 0 Å². The van der Waals surface area contributed by atoms with Crippen LogP contribution in [-0.2, 0) is 0 Å². The summed E-state index contributed by atoms with van der Waals surface area (Å²) in [6.07, 6.45) is 4.02. The first-order valence-corrected chi connectivity index (χ1v) is 7.20. The van der Waals surface area contributed by atoms with E-state index in [1.165, 1.54) is 12.1 Å². The van der Waals surface area contributed by atoms with Crippen LogP contribution in [0.4, 0.5) is 4.39 Å². The van der Waals surface area contributed by atoms with Gasteiger partial charge in [-0.05, 0) is 40.9 Å². The number of carbonyl (C=O) groups is 1. The molecule has 3 nitrogen and oxygen atoms in total. The number of aliphatic hydroxyl groups is 1. The van der Waals surface area contributed by atoms with E-state index in [2.05, 4.69) is 21.2 Å². The summed E-state index contributed by atoms with van der Waals surface area (Å²) >= 11 is 3.08. The maximum Gasteiger partial charge on any atom is 0.252 e. The maximum atomic E-state index is 13.4. The fraction of sp³-hybridized carbons (Fsp3) is 0.500. The van der Waals surface area contributed by atoms with Crippen molar-refractivity contribution in [1.82, 2.24) is 5.32 Å². The number of hydrogen-bond acceptors (Lipinski definition) is 2. The first-order valence-electron chi connectivity index (χ1n) is 6.41. The van der Waals surface area contributed by atoms with E-state index < -0.39 is 5.82 Å². The molecule has 0 unspecified atom stereocenters. The molecule has 1 fully saturated rings. The summed E-state index contributed by atoms with van der Waals surface area (Å²) in [5.74, 6) is -0.767. The van der Waals surface area contributed by atoms with Crippen LogP contribution >= 0.6 is 15.9 Å². The van der Waals surface area contributed by atoms with Gasteiger partial charge in [-0.15, -0.1) is 0 Å². The third kappa shape index (κ3) is 3.15. The number of benzene rings is 1. The third-order valence-electron chi connectivity index (χ3n) is 3.82. The number of nitrogens with one attached hydrogen (secondary N) is 1. The van der Waals surface area contributed by atoms with Gasteiger partial charge in [-0.2, -0.15) is 0 Å². The van der Waals surface area contributed by atoms with Crippen LogP contribution in [0.1, 0.15) is 36.0 Å². The third-order valence-corrected chi connectivity index (χ3v) is 4.63. The molecular weight excluding hydrogens is 313 g/mol. The maximum absolute atomic E-state index is 13.4. The van der Waals surface area contributed by atoms with E-state index in [0.29, 0.717) is 6.54 Å². The number of aliphatic hydroxyl groups excluding tert-OH is 1. The van der Waals surface area contributed by atoms with Crippen LogP contribution in [0, 0.1) is 11.2 Å². The van der Waals surface area contributed by atoms with Gasteiger partial charge in [0.15, 0.2) is 0 Å². The molecule has 1 saturated carbocycles. The Labute approximate surface area is 120 Å². The zero-order chi connectivity index (χ0) is 13.9. The van der Waals surface area contributed by atoms with Gasteiger partial charge >= 0.3 is 0 Å². The number of hydrogen-bond donors (Lipinski definition) is 2. The second-order valence-electron chi connectivity index (χ2n) is 5.15. The molecule has 1 aromatic carbocycles. The van der Waals surface area contributed by atoms with Gasteiger partial charge in [0.2, 0.25) is 0 Å². The fourth-order valence-corrected chi connectivity index (χ4v) is 3.00. The average molecular weight is 330 g/mol. The standard InChI is InChI=1S/C14H17BrFNO2/c15-12-10(4-3-5-11(12)16)13(19)17-8-14(9-18)6-1-2-7-14/h3-5,18H,1-2,6-9H2,(H,17,19). The van der Waals surface area contributed by atoms with Crippen LogP contribution in [0.15, 0.2) is 22.7 Å². The molecule has 2 rings (SSSR count). The largest absolute Gasteiger partial charge is 0.396 e. The Morgan fingerprint density at radius 1 is 1.42 bits per heavy atom. The summed E-state index contributed by atoms with van der Waals surface area (Å²) in [4.78, 5) is 12.0. The topological polar surface area (TPSA) is 49.3 Å². The summed E-state index contributed by atoms with van der Waals surface area (Å²) < 4.78 is 13.5. The van der Waals surface area contributed by atoms with Crippen molar-refractivity contribution in [2.24, 2.45) is 5.41 Å². The molecule has 0 saturated heterocycles. The van der Waals surface area contributed by atoms with Crippen molar-refractivity contribution < 1.29 is 14.3 Å². The van der Waals surface area contributed by atoms with E-state index in [9.17, 15) is 14.3 Å². The second-order valence-corrected chi connectivity index (χ2v) is 5.94. The van der Waals surface area contributed by atoms with Crippen LogP contribution in [0.2, 0.25) is 0 Å². The Morgan fingerprint density at radius 3 is 2.74 bits per heavy atom. The molecule has 2 N–H and O–H groups in total. The van der Waals surface area contributed by atoms with Crippen LogP contribution in [-0.4, -0.2) is 24.2 Å². The lowest BCUT2D eigenvalue weighted by molar-refractivity contribution is 0.0879. The number of amides is 1. The molecule has 0 bridgehead atoms. The molecule has 1 amide bonds. The summed E-state index contributed by atoms with van der Waals surface area (Å²) in [6, 6.07) is 4.38. The fourth-order valence-electron chi connectivity index (χ4n) is 2.56. The predicted molar refractivity (Wildman–Crippen MR) is 74.4 cm³/mol. The minimum atomic E-state index is -0.453. The van der Waals surface area contributed by atoms with Gasteiger partial charge in [-0.1, -0.05) is 18.9 Å². The molecular formula is C14H17BrFNO2. The first-order chi connectivity index (χ1) is 9.08. The molecule has 104 valence electrons. The molecule has 1 aliphatic rings. The number of carbonyl (C=O) groups excluding carboxylic acids is 1. The van der Waals surface area contributed by atoms with Gasteiger partial charge in [-0.3, -0.25) is 4.79 Å². The van der Waals surface area contributed by atoms with Crippen molar-refractivity contribution in [3.05, 3.63) is 34.1 Å². The van der Waals surface area contributed by atoms with Gasteiger partial charge in [0.25, 0.3) is 5.91 Å². The first kappa shape index (κ1) is 14.5. The molecule has 5 heteroatoms. The molecule has 0 atom stereocenters. The monoisotopic (exact) mass is 329 g/mol. The van der Waals surface area contributed by atoms with Crippen molar-refractivity contribution in [1.29, 1.82) is 0 Å². The van der Waals surface area contributed by atoms with E-state index in [1.54, 1.807) is 6.07 Å². The Kier molecular flexibility index (Phi) is 4.58. The minimum absolute atomic E-state index is 0.0810. The van der Waals surface area contributed by atoms with Gasteiger partial charge < -0.3 is 10.4 Å². The number of halogens is 2. The molecule has 0 spiro atoms. The van der Waals surface area contributed by atoms with Crippen molar-refractivity contribution >= 4 is 21.8 Å². The lowest BCUT2D eigenvalue weighted by Crippen LogP contribution is -2.38. The summed E-state index contributed by atoms with van der Waals surface area (Å²) in [5.41, 5.74) is 0.0845. The molecule has 1 aliphatic carbocycles. The summed E-state index contributed by atoms with van der Waals surface area (Å²) in [7, 11) is 0. The van der Waals surface area contributed by atoms with Crippen molar-refractivity contribution in [3.8, 4) is 0 Å². The number of rotatable bonds is 4.